The molecule has 0 fully saturated rings. The van der Waals surface area contributed by atoms with Gasteiger partial charge in [0.25, 0.3) is 0 Å². The summed E-state index contributed by atoms with van der Waals surface area (Å²) in [6.45, 7) is 0. The molecule has 0 bridgehead atoms. The van der Waals surface area contributed by atoms with E-state index in [2.05, 4.69) is 15.9 Å². The Morgan fingerprint density at radius 3 is 2.31 bits per heavy atom. The Morgan fingerprint density at radius 2 is 1.85 bits per heavy atom. The number of halogens is 3. The van der Waals surface area contributed by atoms with Crippen LogP contribution in [0.15, 0.2) is 16.6 Å². The number of benzene rings is 1. The van der Waals surface area contributed by atoms with Crippen LogP contribution in [0.2, 0.25) is 0 Å². The van der Waals surface area contributed by atoms with Crippen LogP contribution in [0.1, 0.15) is 11.1 Å². The molecular weight excluding hydrogens is 275 g/mol. The first-order valence-electron chi connectivity index (χ1n) is 3.70. The van der Waals surface area contributed by atoms with E-state index in [4.69, 9.17) is 27.9 Å². The maximum atomic E-state index is 5.74. The summed E-state index contributed by atoms with van der Waals surface area (Å²) in [5, 5.41) is 0. The van der Waals surface area contributed by atoms with E-state index in [9.17, 15) is 0 Å². The second-order valence-corrected chi connectivity index (χ2v) is 3.91. The fourth-order valence-electron chi connectivity index (χ4n) is 1.03. The quantitative estimate of drug-likeness (QED) is 0.764. The van der Waals surface area contributed by atoms with Crippen LogP contribution in [0.3, 0.4) is 0 Å². The summed E-state index contributed by atoms with van der Waals surface area (Å²) >= 11 is 14.9. The fraction of sp³-hybridized carbons (Fsp3) is 0.333. The van der Waals surface area contributed by atoms with Crippen LogP contribution in [0, 0.1) is 0 Å². The van der Waals surface area contributed by atoms with Crippen molar-refractivity contribution in [1.82, 2.24) is 0 Å². The third-order valence-corrected chi connectivity index (χ3v) is 3.05. The lowest BCUT2D eigenvalue weighted by molar-refractivity contribution is 0.411. The molecule has 0 aliphatic rings. The molecule has 4 heteroatoms. The lowest BCUT2D eigenvalue weighted by Crippen LogP contribution is -1.92. The molecule has 1 rings (SSSR count). The Morgan fingerprint density at radius 1 is 1.23 bits per heavy atom. The van der Waals surface area contributed by atoms with Crippen LogP contribution in [0.5, 0.6) is 5.75 Å². The van der Waals surface area contributed by atoms with E-state index < -0.39 is 0 Å². The van der Waals surface area contributed by atoms with Crippen LogP contribution in [0.25, 0.3) is 0 Å². The van der Waals surface area contributed by atoms with Crippen LogP contribution in [-0.4, -0.2) is 7.11 Å². The molecule has 0 unspecified atom stereocenters. The largest absolute Gasteiger partial charge is 0.496 e. The van der Waals surface area contributed by atoms with Crippen molar-refractivity contribution in [3.05, 3.63) is 27.7 Å². The second kappa shape index (κ2) is 5.08. The standard InChI is InChI=1S/C9H9BrCl2O/c1-13-9-3-6(4-11)8(10)2-7(9)5-12/h2-3H,4-5H2,1H3. The van der Waals surface area contributed by atoms with Crippen molar-refractivity contribution in [2.45, 2.75) is 11.8 Å². The van der Waals surface area contributed by atoms with E-state index in [1.165, 1.54) is 0 Å². The van der Waals surface area contributed by atoms with Gasteiger partial charge >= 0.3 is 0 Å². The van der Waals surface area contributed by atoms with Crippen LogP contribution < -0.4 is 4.74 Å². The molecule has 0 aliphatic carbocycles. The van der Waals surface area contributed by atoms with Crippen LogP contribution in [0.4, 0.5) is 0 Å². The molecule has 1 aromatic carbocycles. The zero-order valence-electron chi connectivity index (χ0n) is 7.11. The zero-order chi connectivity index (χ0) is 9.84. The molecule has 72 valence electrons. The van der Waals surface area contributed by atoms with Crippen molar-refractivity contribution in [1.29, 1.82) is 0 Å². The number of alkyl halides is 2. The first kappa shape index (κ1) is 11.2. The summed E-state index contributed by atoms with van der Waals surface area (Å²) in [5.41, 5.74) is 1.97. The summed E-state index contributed by atoms with van der Waals surface area (Å²) in [6.07, 6.45) is 0. The Kier molecular flexibility index (Phi) is 4.36. The van der Waals surface area contributed by atoms with Crippen molar-refractivity contribution in [3.63, 3.8) is 0 Å². The molecule has 0 aromatic heterocycles. The third kappa shape index (κ3) is 2.52. The van der Waals surface area contributed by atoms with E-state index in [-0.39, 0.29) is 0 Å². The maximum absolute atomic E-state index is 5.74. The van der Waals surface area contributed by atoms with Gasteiger partial charge in [-0.15, -0.1) is 23.2 Å². The van der Waals surface area contributed by atoms with Gasteiger partial charge in [-0.25, -0.2) is 0 Å². The maximum Gasteiger partial charge on any atom is 0.123 e. The van der Waals surface area contributed by atoms with Crippen molar-refractivity contribution in [2.75, 3.05) is 7.11 Å². The van der Waals surface area contributed by atoms with Crippen molar-refractivity contribution in [3.8, 4) is 5.75 Å². The molecule has 0 N–H and O–H groups in total. The van der Waals surface area contributed by atoms with Gasteiger partial charge in [0, 0.05) is 15.9 Å². The summed E-state index contributed by atoms with van der Waals surface area (Å²) in [4.78, 5) is 0. The monoisotopic (exact) mass is 282 g/mol. The second-order valence-electron chi connectivity index (χ2n) is 2.52. The fourth-order valence-corrected chi connectivity index (χ4v) is 2.16. The molecule has 1 aromatic rings. The van der Waals surface area contributed by atoms with Crippen LogP contribution >= 0.6 is 39.1 Å². The van der Waals surface area contributed by atoms with Crippen molar-refractivity contribution < 1.29 is 4.74 Å². The average Bonchev–Trinajstić information content (AvgIpc) is 2.17. The lowest BCUT2D eigenvalue weighted by Gasteiger charge is -2.09. The van der Waals surface area contributed by atoms with Gasteiger partial charge in [0.15, 0.2) is 0 Å². The van der Waals surface area contributed by atoms with Gasteiger partial charge in [-0.1, -0.05) is 15.9 Å². The van der Waals surface area contributed by atoms with E-state index >= 15 is 0 Å². The van der Waals surface area contributed by atoms with Gasteiger partial charge in [0.1, 0.15) is 5.75 Å². The number of hydrogen-bond acceptors (Lipinski definition) is 1. The molecule has 0 spiro atoms. The minimum Gasteiger partial charge on any atom is -0.496 e. The molecule has 0 heterocycles. The third-order valence-electron chi connectivity index (χ3n) is 1.74. The smallest absolute Gasteiger partial charge is 0.123 e. The topological polar surface area (TPSA) is 9.23 Å². The number of ether oxygens (including phenoxy) is 1. The van der Waals surface area contributed by atoms with Crippen molar-refractivity contribution >= 4 is 39.1 Å². The Labute approximate surface area is 96.1 Å². The first-order valence-corrected chi connectivity index (χ1v) is 5.56. The van der Waals surface area contributed by atoms with E-state index in [0.717, 1.165) is 21.3 Å². The number of rotatable bonds is 3. The highest BCUT2D eigenvalue weighted by Gasteiger charge is 2.07. The molecule has 0 saturated carbocycles. The van der Waals surface area contributed by atoms with Gasteiger partial charge < -0.3 is 4.74 Å². The lowest BCUT2D eigenvalue weighted by atomic mass is 10.1. The molecule has 13 heavy (non-hydrogen) atoms. The molecule has 0 saturated heterocycles. The molecule has 0 atom stereocenters. The molecule has 1 nitrogen and oxygen atoms in total. The minimum atomic E-state index is 0.435. The van der Waals surface area contributed by atoms with E-state index in [1.807, 2.05) is 12.1 Å². The Hall–Kier alpha value is 0.0800. The molecular formula is C9H9BrCl2O. The Balaban J connectivity index is 3.18. The van der Waals surface area contributed by atoms with Gasteiger partial charge in [-0.3, -0.25) is 0 Å². The molecule has 0 radical (unpaired) electrons. The number of methoxy groups -OCH3 is 1. The normalized spacial score (nSPS) is 10.2. The molecule has 0 amide bonds. The molecule has 0 aliphatic heterocycles. The van der Waals surface area contributed by atoms with Crippen LogP contribution in [-0.2, 0) is 11.8 Å². The Bertz CT molecular complexity index is 302. The SMILES string of the molecule is COc1cc(CCl)c(Br)cc1CCl. The number of hydrogen-bond donors (Lipinski definition) is 0. The minimum absolute atomic E-state index is 0.435. The summed E-state index contributed by atoms with van der Waals surface area (Å²) < 4.78 is 6.14. The highest BCUT2D eigenvalue weighted by atomic mass is 79.9. The van der Waals surface area contributed by atoms with Gasteiger partial charge in [0.05, 0.1) is 13.0 Å². The predicted octanol–water partition coefficient (Wildman–Crippen LogP) is 3.94. The first-order chi connectivity index (χ1) is 6.22. The van der Waals surface area contributed by atoms with Gasteiger partial charge in [-0.05, 0) is 17.7 Å². The van der Waals surface area contributed by atoms with Gasteiger partial charge in [0.2, 0.25) is 0 Å². The summed E-state index contributed by atoms with van der Waals surface area (Å²) in [6, 6.07) is 3.83. The summed E-state index contributed by atoms with van der Waals surface area (Å²) in [5.74, 6) is 1.68. The zero-order valence-corrected chi connectivity index (χ0v) is 10.2. The van der Waals surface area contributed by atoms with Crippen molar-refractivity contribution in [2.24, 2.45) is 0 Å². The van der Waals surface area contributed by atoms with E-state index in [1.54, 1.807) is 7.11 Å². The average molecular weight is 284 g/mol. The summed E-state index contributed by atoms with van der Waals surface area (Å²) in [7, 11) is 1.62. The predicted molar refractivity (Wildman–Crippen MR) is 59.8 cm³/mol. The highest BCUT2D eigenvalue weighted by Crippen LogP contribution is 2.29. The highest BCUT2D eigenvalue weighted by molar-refractivity contribution is 9.10. The van der Waals surface area contributed by atoms with E-state index in [0.29, 0.717) is 11.8 Å². The van der Waals surface area contributed by atoms with Gasteiger partial charge in [-0.2, -0.15) is 0 Å².